The van der Waals surface area contributed by atoms with Gasteiger partial charge in [0.25, 0.3) is 0 Å². The van der Waals surface area contributed by atoms with Crippen LogP contribution in [0, 0.1) is 19.9 Å². The lowest BCUT2D eigenvalue weighted by Gasteiger charge is -2.19. The van der Waals surface area contributed by atoms with E-state index >= 15 is 0 Å². The third kappa shape index (κ3) is 3.46. The first-order chi connectivity index (χ1) is 10.7. The van der Waals surface area contributed by atoms with E-state index in [0.29, 0.717) is 5.92 Å². The fraction of sp³-hybridized carbons (Fsp3) is 0.182. The second-order valence-corrected chi connectivity index (χ2v) is 5.99. The smallest absolute Gasteiger partial charge is 0.0130 e. The number of rotatable bonds is 4. The number of hydrogen-bond donors (Lipinski definition) is 0. The van der Waals surface area contributed by atoms with Gasteiger partial charge in [-0.3, -0.25) is 0 Å². The molecular formula is C22H21. The topological polar surface area (TPSA) is 0 Å². The van der Waals surface area contributed by atoms with Gasteiger partial charge in [-0.15, -0.1) is 0 Å². The van der Waals surface area contributed by atoms with E-state index in [1.54, 1.807) is 0 Å². The fourth-order valence-corrected chi connectivity index (χ4v) is 2.82. The van der Waals surface area contributed by atoms with Crippen LogP contribution in [-0.4, -0.2) is 0 Å². The van der Waals surface area contributed by atoms with E-state index in [4.69, 9.17) is 0 Å². The molecule has 0 amide bonds. The van der Waals surface area contributed by atoms with Crippen LogP contribution < -0.4 is 0 Å². The lowest BCUT2D eigenvalue weighted by molar-refractivity contribution is 0.804. The molecule has 1 radical (unpaired) electrons. The molecule has 3 aromatic carbocycles. The zero-order valence-corrected chi connectivity index (χ0v) is 13.2. The third-order valence-electron chi connectivity index (χ3n) is 4.19. The molecule has 0 aliphatic rings. The summed E-state index contributed by atoms with van der Waals surface area (Å²) in [5.41, 5.74) is 6.72. The van der Waals surface area contributed by atoms with Crippen molar-refractivity contribution < 1.29 is 0 Å². The van der Waals surface area contributed by atoms with Crippen molar-refractivity contribution in [1.82, 2.24) is 0 Å². The van der Waals surface area contributed by atoms with Gasteiger partial charge >= 0.3 is 0 Å². The van der Waals surface area contributed by atoms with Gasteiger partial charge in [-0.2, -0.15) is 0 Å². The number of aryl methyl sites for hydroxylation is 2. The zero-order valence-electron chi connectivity index (χ0n) is 13.2. The molecule has 0 saturated carbocycles. The molecule has 0 aromatic heterocycles. The molecule has 0 heteroatoms. The summed E-state index contributed by atoms with van der Waals surface area (Å²) in [6.07, 6.45) is 1.01. The summed E-state index contributed by atoms with van der Waals surface area (Å²) in [6, 6.07) is 29.3. The van der Waals surface area contributed by atoms with E-state index in [0.717, 1.165) is 6.42 Å². The summed E-state index contributed by atoms with van der Waals surface area (Å²) < 4.78 is 0. The molecule has 22 heavy (non-hydrogen) atoms. The van der Waals surface area contributed by atoms with E-state index in [9.17, 15) is 0 Å². The molecule has 0 nitrogen and oxygen atoms in total. The van der Waals surface area contributed by atoms with Gasteiger partial charge in [0, 0.05) is 5.92 Å². The lowest BCUT2D eigenvalue weighted by Crippen LogP contribution is -2.05. The molecule has 3 aromatic rings. The first-order valence-corrected chi connectivity index (χ1v) is 7.80. The molecule has 0 spiro atoms. The predicted octanol–water partition coefficient (Wildman–Crippen LogP) is 5.48. The maximum atomic E-state index is 3.10. The van der Waals surface area contributed by atoms with Crippen molar-refractivity contribution >= 4 is 0 Å². The van der Waals surface area contributed by atoms with Crippen LogP contribution in [0.1, 0.15) is 33.7 Å². The SMILES string of the molecule is Cc1ccc(C(Cc2cc[c]cc2)c2ccc(C)cc2)cc1. The van der Waals surface area contributed by atoms with Crippen molar-refractivity contribution in [2.24, 2.45) is 0 Å². The van der Waals surface area contributed by atoms with Crippen molar-refractivity contribution in [2.45, 2.75) is 26.2 Å². The minimum Gasteiger partial charge on any atom is -0.0590 e. The molecule has 0 heterocycles. The first kappa shape index (κ1) is 14.6. The standard InChI is InChI=1S/C22H21/c1-17-8-12-20(13-9-17)22(16-19-6-4-3-5-7-19)21-14-10-18(2)11-15-21/h4-15,22H,16H2,1-2H3. The highest BCUT2D eigenvalue weighted by Gasteiger charge is 2.14. The van der Waals surface area contributed by atoms with E-state index < -0.39 is 0 Å². The highest BCUT2D eigenvalue weighted by molar-refractivity contribution is 5.37. The zero-order chi connectivity index (χ0) is 15.4. The molecule has 0 aliphatic carbocycles. The lowest BCUT2D eigenvalue weighted by atomic mass is 9.85. The molecule has 3 rings (SSSR count). The fourth-order valence-electron chi connectivity index (χ4n) is 2.82. The Morgan fingerprint density at radius 2 is 1.14 bits per heavy atom. The highest BCUT2D eigenvalue weighted by atomic mass is 14.2. The summed E-state index contributed by atoms with van der Waals surface area (Å²) in [4.78, 5) is 0. The minimum atomic E-state index is 0.392. The monoisotopic (exact) mass is 285 g/mol. The van der Waals surface area contributed by atoms with E-state index in [2.05, 4.69) is 80.6 Å². The van der Waals surface area contributed by atoms with Crippen LogP contribution in [0.2, 0.25) is 0 Å². The molecule has 0 N–H and O–H groups in total. The quantitative estimate of drug-likeness (QED) is 0.595. The van der Waals surface area contributed by atoms with Gasteiger partial charge in [-0.25, -0.2) is 0 Å². The van der Waals surface area contributed by atoms with Crippen molar-refractivity contribution in [3.63, 3.8) is 0 Å². The van der Waals surface area contributed by atoms with Crippen molar-refractivity contribution in [2.75, 3.05) is 0 Å². The van der Waals surface area contributed by atoms with Crippen LogP contribution in [0.3, 0.4) is 0 Å². The van der Waals surface area contributed by atoms with Gasteiger partial charge in [0.05, 0.1) is 0 Å². The molecule has 0 saturated heterocycles. The van der Waals surface area contributed by atoms with Crippen LogP contribution in [0.5, 0.6) is 0 Å². The highest BCUT2D eigenvalue weighted by Crippen LogP contribution is 2.29. The van der Waals surface area contributed by atoms with Gasteiger partial charge < -0.3 is 0 Å². The van der Waals surface area contributed by atoms with Gasteiger partial charge in [0.15, 0.2) is 0 Å². The Morgan fingerprint density at radius 1 is 0.682 bits per heavy atom. The molecule has 109 valence electrons. The second-order valence-electron chi connectivity index (χ2n) is 5.99. The Labute approximate surface area is 133 Å². The maximum Gasteiger partial charge on any atom is 0.0130 e. The molecule has 0 fully saturated rings. The maximum absolute atomic E-state index is 3.10. The van der Waals surface area contributed by atoms with Crippen LogP contribution in [0.4, 0.5) is 0 Å². The largest absolute Gasteiger partial charge is 0.0590 e. The Balaban J connectivity index is 1.97. The molecule has 0 atom stereocenters. The molecular weight excluding hydrogens is 264 g/mol. The van der Waals surface area contributed by atoms with E-state index in [-0.39, 0.29) is 0 Å². The van der Waals surface area contributed by atoms with Crippen LogP contribution in [0.25, 0.3) is 0 Å². The van der Waals surface area contributed by atoms with Gasteiger partial charge in [0.1, 0.15) is 0 Å². The minimum absolute atomic E-state index is 0.392. The summed E-state index contributed by atoms with van der Waals surface area (Å²) in [5.74, 6) is 0.392. The van der Waals surface area contributed by atoms with Crippen LogP contribution >= 0.6 is 0 Å². The Bertz CT molecular complexity index is 661. The average Bonchev–Trinajstić information content (AvgIpc) is 2.56. The van der Waals surface area contributed by atoms with Crippen molar-refractivity contribution in [3.8, 4) is 0 Å². The average molecular weight is 285 g/mol. The summed E-state index contributed by atoms with van der Waals surface area (Å²) >= 11 is 0. The summed E-state index contributed by atoms with van der Waals surface area (Å²) in [6.45, 7) is 4.27. The van der Waals surface area contributed by atoms with Crippen LogP contribution in [-0.2, 0) is 6.42 Å². The second kappa shape index (κ2) is 6.62. The van der Waals surface area contributed by atoms with Crippen LogP contribution in [0.15, 0.2) is 72.8 Å². The number of benzene rings is 3. The normalized spacial score (nSPS) is 10.9. The molecule has 0 bridgehead atoms. The van der Waals surface area contributed by atoms with Crippen molar-refractivity contribution in [1.29, 1.82) is 0 Å². The summed E-state index contributed by atoms with van der Waals surface area (Å²) in [7, 11) is 0. The Kier molecular flexibility index (Phi) is 4.39. The summed E-state index contributed by atoms with van der Waals surface area (Å²) in [5, 5.41) is 0. The van der Waals surface area contributed by atoms with Gasteiger partial charge in [0.2, 0.25) is 0 Å². The van der Waals surface area contributed by atoms with Gasteiger partial charge in [-0.1, -0.05) is 83.9 Å². The Hall–Kier alpha value is -2.34. The molecule has 0 aliphatic heterocycles. The van der Waals surface area contributed by atoms with Crippen molar-refractivity contribution in [3.05, 3.63) is 107 Å². The number of hydrogen-bond acceptors (Lipinski definition) is 0. The third-order valence-corrected chi connectivity index (χ3v) is 4.19. The predicted molar refractivity (Wildman–Crippen MR) is 93.2 cm³/mol. The Morgan fingerprint density at radius 3 is 1.59 bits per heavy atom. The van der Waals surface area contributed by atoms with Gasteiger partial charge in [-0.05, 0) is 43.0 Å². The first-order valence-electron chi connectivity index (χ1n) is 7.80. The van der Waals surface area contributed by atoms with E-state index in [1.807, 2.05) is 12.1 Å². The van der Waals surface area contributed by atoms with E-state index in [1.165, 1.54) is 27.8 Å². The molecule has 0 unspecified atom stereocenters.